The Morgan fingerprint density at radius 1 is 1.50 bits per heavy atom. The van der Waals surface area contributed by atoms with Crippen LogP contribution in [0.3, 0.4) is 0 Å². The number of hydrogen-bond donors (Lipinski definition) is 4. The summed E-state index contributed by atoms with van der Waals surface area (Å²) in [5, 5.41) is 15.3. The molecule has 0 fully saturated rings. The van der Waals surface area contributed by atoms with E-state index < -0.39 is 0 Å². The van der Waals surface area contributed by atoms with Crippen LogP contribution in [0.5, 0.6) is 0 Å². The highest BCUT2D eigenvalue weighted by atomic mass is 32.1. The van der Waals surface area contributed by atoms with Gasteiger partial charge < -0.3 is 21.5 Å². The second-order valence-electron chi connectivity index (χ2n) is 4.53. The van der Waals surface area contributed by atoms with E-state index in [1.165, 1.54) is 11.3 Å². The van der Waals surface area contributed by atoms with Crippen LogP contribution in [0, 0.1) is 5.92 Å². The van der Waals surface area contributed by atoms with Crippen molar-refractivity contribution in [2.45, 2.75) is 26.8 Å². The highest BCUT2D eigenvalue weighted by Gasteiger charge is 2.16. The third-order valence-electron chi connectivity index (χ3n) is 2.19. The minimum atomic E-state index is -0.248. The predicted molar refractivity (Wildman–Crippen MR) is 73.9 cm³/mol. The van der Waals surface area contributed by atoms with Crippen molar-refractivity contribution in [3.8, 4) is 0 Å². The second-order valence-corrected chi connectivity index (χ2v) is 5.53. The number of rotatable bonds is 6. The van der Waals surface area contributed by atoms with Crippen molar-refractivity contribution in [3.63, 3.8) is 0 Å². The van der Waals surface area contributed by atoms with Crippen LogP contribution in [0.25, 0.3) is 0 Å². The maximum Gasteiger partial charge on any atom is 0.265 e. The van der Waals surface area contributed by atoms with Gasteiger partial charge in [-0.05, 0) is 19.8 Å². The fourth-order valence-electron chi connectivity index (χ4n) is 1.22. The lowest BCUT2D eigenvalue weighted by atomic mass is 10.2. The molecule has 0 saturated carbocycles. The molecule has 102 valence electrons. The third-order valence-corrected chi connectivity index (χ3v) is 3.20. The van der Waals surface area contributed by atoms with E-state index >= 15 is 0 Å². The predicted octanol–water partition coefficient (Wildman–Crippen LogP) is 0.904. The van der Waals surface area contributed by atoms with Crippen molar-refractivity contribution < 1.29 is 9.90 Å². The van der Waals surface area contributed by atoms with Gasteiger partial charge in [-0.15, -0.1) is 0 Å². The van der Waals surface area contributed by atoms with Gasteiger partial charge in [0.15, 0.2) is 5.13 Å². The summed E-state index contributed by atoms with van der Waals surface area (Å²) in [5.74, 6) is 0.00997. The Labute approximate surface area is 111 Å². The molecule has 0 aliphatic carbocycles. The largest absolute Gasteiger partial charge is 0.396 e. The summed E-state index contributed by atoms with van der Waals surface area (Å²) in [5.41, 5.74) is 5.71. The van der Waals surface area contributed by atoms with Crippen molar-refractivity contribution in [1.29, 1.82) is 0 Å². The number of carbonyl (C=O) groups is 1. The molecule has 5 N–H and O–H groups in total. The summed E-state index contributed by atoms with van der Waals surface area (Å²) >= 11 is 1.23. The van der Waals surface area contributed by atoms with E-state index in [1.54, 1.807) is 0 Å². The number of carbonyl (C=O) groups excluding carboxylic acids is 1. The first-order valence-electron chi connectivity index (χ1n) is 5.86. The van der Waals surface area contributed by atoms with Gasteiger partial charge in [0.05, 0.1) is 0 Å². The van der Waals surface area contributed by atoms with Crippen LogP contribution in [0.1, 0.15) is 30.4 Å². The molecule has 0 spiro atoms. The van der Waals surface area contributed by atoms with Crippen LogP contribution < -0.4 is 16.4 Å². The van der Waals surface area contributed by atoms with Crippen molar-refractivity contribution in [1.82, 2.24) is 10.3 Å². The van der Waals surface area contributed by atoms with E-state index in [1.807, 2.05) is 20.8 Å². The van der Waals surface area contributed by atoms with E-state index in [0.717, 1.165) is 0 Å². The molecule has 1 heterocycles. The molecule has 1 rings (SSSR count). The number of amides is 1. The topological polar surface area (TPSA) is 100 Å². The fraction of sp³-hybridized carbons (Fsp3) is 0.636. The van der Waals surface area contributed by atoms with Crippen molar-refractivity contribution in [2.75, 3.05) is 24.2 Å². The molecular formula is C11H20N4O2S. The van der Waals surface area contributed by atoms with Gasteiger partial charge in [0, 0.05) is 19.2 Å². The number of anilines is 2. The number of nitrogen functional groups attached to an aromatic ring is 1. The number of nitrogens with one attached hydrogen (secondary N) is 2. The highest BCUT2D eigenvalue weighted by Crippen LogP contribution is 2.25. The maximum atomic E-state index is 11.9. The summed E-state index contributed by atoms with van der Waals surface area (Å²) in [6.45, 7) is 6.28. The number of thiazole rings is 1. The zero-order valence-corrected chi connectivity index (χ0v) is 11.7. The van der Waals surface area contributed by atoms with E-state index in [9.17, 15) is 4.79 Å². The summed E-state index contributed by atoms with van der Waals surface area (Å²) in [7, 11) is 0. The molecule has 1 atom stereocenters. The van der Waals surface area contributed by atoms with Gasteiger partial charge in [0.2, 0.25) is 0 Å². The first-order chi connectivity index (χ1) is 8.43. The second kappa shape index (κ2) is 6.55. The van der Waals surface area contributed by atoms with Gasteiger partial charge in [-0.1, -0.05) is 18.3 Å². The van der Waals surface area contributed by atoms with Crippen LogP contribution >= 0.6 is 11.3 Å². The minimum absolute atomic E-state index is 0.0244. The number of nitrogens with zero attached hydrogens (tertiary/aromatic N) is 1. The molecule has 0 aliphatic heterocycles. The van der Waals surface area contributed by atoms with Crippen LogP contribution in [0.2, 0.25) is 0 Å². The lowest BCUT2D eigenvalue weighted by Crippen LogP contribution is -2.29. The minimum Gasteiger partial charge on any atom is -0.396 e. The Balaban J connectivity index is 2.65. The molecule has 18 heavy (non-hydrogen) atoms. The summed E-state index contributed by atoms with van der Waals surface area (Å²) in [6.07, 6.45) is 0. The summed E-state index contributed by atoms with van der Waals surface area (Å²) in [6, 6.07) is 0.237. The van der Waals surface area contributed by atoms with Crippen molar-refractivity contribution in [3.05, 3.63) is 4.88 Å². The molecule has 7 heteroatoms. The Bertz CT molecular complexity index is 406. The highest BCUT2D eigenvalue weighted by molar-refractivity contribution is 7.18. The molecule has 0 aliphatic rings. The lowest BCUT2D eigenvalue weighted by molar-refractivity contribution is 0.0947. The molecule has 1 unspecified atom stereocenters. The Hall–Kier alpha value is -1.34. The van der Waals surface area contributed by atoms with Gasteiger partial charge in [0.25, 0.3) is 5.91 Å². The van der Waals surface area contributed by atoms with Crippen LogP contribution in [-0.2, 0) is 0 Å². The van der Waals surface area contributed by atoms with Gasteiger partial charge in [0.1, 0.15) is 10.7 Å². The number of aliphatic hydroxyl groups excluding tert-OH is 1. The normalized spacial score (nSPS) is 12.5. The monoisotopic (exact) mass is 272 g/mol. The van der Waals surface area contributed by atoms with Crippen LogP contribution in [-0.4, -0.2) is 35.2 Å². The molecule has 1 aromatic heterocycles. The van der Waals surface area contributed by atoms with Crippen LogP contribution in [0.15, 0.2) is 0 Å². The summed E-state index contributed by atoms with van der Waals surface area (Å²) in [4.78, 5) is 16.4. The molecule has 0 bridgehead atoms. The molecule has 6 nitrogen and oxygen atoms in total. The van der Waals surface area contributed by atoms with E-state index in [2.05, 4.69) is 15.6 Å². The van der Waals surface area contributed by atoms with Gasteiger partial charge >= 0.3 is 0 Å². The SMILES string of the molecule is CC(CO)CNC(=O)c1sc(NC(C)C)nc1N. The Morgan fingerprint density at radius 2 is 2.17 bits per heavy atom. The first-order valence-corrected chi connectivity index (χ1v) is 6.67. The average molecular weight is 272 g/mol. The number of aromatic nitrogens is 1. The standard InChI is InChI=1S/C11H20N4O2S/c1-6(2)14-11-15-9(12)8(18-11)10(17)13-4-7(3)5-16/h6-7,16H,4-5,12H2,1-3H3,(H,13,17)(H,14,15). The zero-order valence-electron chi connectivity index (χ0n) is 10.9. The molecule has 0 radical (unpaired) electrons. The fourth-order valence-corrected chi connectivity index (χ4v) is 2.16. The number of nitrogens with two attached hydrogens (primary N) is 1. The molecule has 1 amide bonds. The number of aliphatic hydroxyl groups is 1. The number of hydrogen-bond acceptors (Lipinski definition) is 6. The maximum absolute atomic E-state index is 11.9. The lowest BCUT2D eigenvalue weighted by Gasteiger charge is -2.08. The molecule has 0 aromatic carbocycles. The molecule has 0 saturated heterocycles. The zero-order chi connectivity index (χ0) is 13.7. The van der Waals surface area contributed by atoms with E-state index in [0.29, 0.717) is 16.6 Å². The summed E-state index contributed by atoms with van der Waals surface area (Å²) < 4.78 is 0. The third kappa shape index (κ3) is 4.15. The van der Waals surface area contributed by atoms with Crippen molar-refractivity contribution in [2.24, 2.45) is 5.92 Å². The Morgan fingerprint density at radius 3 is 2.72 bits per heavy atom. The van der Waals surface area contributed by atoms with E-state index in [-0.39, 0.29) is 30.3 Å². The van der Waals surface area contributed by atoms with E-state index in [4.69, 9.17) is 10.8 Å². The molecule has 1 aromatic rings. The van der Waals surface area contributed by atoms with Gasteiger partial charge in [-0.25, -0.2) is 4.98 Å². The molecular weight excluding hydrogens is 252 g/mol. The first kappa shape index (κ1) is 14.7. The van der Waals surface area contributed by atoms with Crippen LogP contribution in [0.4, 0.5) is 10.9 Å². The smallest absolute Gasteiger partial charge is 0.265 e. The quantitative estimate of drug-likeness (QED) is 0.616. The van der Waals surface area contributed by atoms with Crippen molar-refractivity contribution >= 4 is 28.2 Å². The van der Waals surface area contributed by atoms with Gasteiger partial charge in [-0.3, -0.25) is 4.79 Å². The average Bonchev–Trinajstić information content (AvgIpc) is 2.65. The Kier molecular flexibility index (Phi) is 5.36. The van der Waals surface area contributed by atoms with Gasteiger partial charge in [-0.2, -0.15) is 0 Å².